The van der Waals surface area contributed by atoms with Crippen LogP contribution >= 0.6 is 0 Å². The van der Waals surface area contributed by atoms with Gasteiger partial charge in [0.1, 0.15) is 5.75 Å². The van der Waals surface area contributed by atoms with E-state index in [4.69, 9.17) is 10.9 Å². The molecule has 0 aromatic heterocycles. The maximum Gasteiger partial charge on any atom is 0.573 e. The smallest absolute Gasteiger partial charge is 0.508 e. The van der Waals surface area contributed by atoms with Gasteiger partial charge in [-0.2, -0.15) is 0 Å². The van der Waals surface area contributed by atoms with E-state index in [1.807, 2.05) is 5.43 Å². The van der Waals surface area contributed by atoms with Crippen LogP contribution < -0.4 is 16.0 Å². The lowest BCUT2D eigenvalue weighted by atomic mass is 10.3. The Hall–Kier alpha value is -1.63. The minimum Gasteiger partial charge on any atom is -0.508 e. The molecule has 1 aromatic carbocycles. The number of nitrogens with two attached hydrogens (primary N) is 1. The van der Waals surface area contributed by atoms with Gasteiger partial charge in [0.05, 0.1) is 5.69 Å². The number of aromatic hydroxyl groups is 1. The number of hydrogen-bond donors (Lipinski definition) is 3. The lowest BCUT2D eigenvalue weighted by Crippen LogP contribution is -2.19. The number of phenolic OH excluding ortho intramolecular Hbond substituents is 1. The molecule has 0 unspecified atom stereocenters. The average molecular weight is 208 g/mol. The van der Waals surface area contributed by atoms with Crippen molar-refractivity contribution in [3.63, 3.8) is 0 Å². The summed E-state index contributed by atoms with van der Waals surface area (Å²) in [5.41, 5.74) is 1.82. The number of nitrogen functional groups attached to an aromatic ring is 1. The first-order valence-electron chi connectivity index (χ1n) is 3.48. The fourth-order valence-electron chi connectivity index (χ4n) is 0.844. The van der Waals surface area contributed by atoms with Crippen LogP contribution in [0.1, 0.15) is 0 Å². The Morgan fingerprint density at radius 1 is 1.36 bits per heavy atom. The first-order valence-corrected chi connectivity index (χ1v) is 3.48. The van der Waals surface area contributed by atoms with E-state index < -0.39 is 12.1 Å². The molecule has 0 heterocycles. The van der Waals surface area contributed by atoms with Crippen molar-refractivity contribution in [3.8, 4) is 11.5 Å². The van der Waals surface area contributed by atoms with E-state index in [9.17, 15) is 13.2 Å². The van der Waals surface area contributed by atoms with Crippen LogP contribution in [-0.4, -0.2) is 11.5 Å². The second kappa shape index (κ2) is 3.62. The Morgan fingerprint density at radius 2 is 2.00 bits per heavy atom. The van der Waals surface area contributed by atoms with Crippen molar-refractivity contribution in [2.24, 2.45) is 5.84 Å². The number of hydrogen-bond acceptors (Lipinski definition) is 4. The molecule has 78 valence electrons. The topological polar surface area (TPSA) is 67.5 Å². The van der Waals surface area contributed by atoms with Crippen LogP contribution in [0.5, 0.6) is 11.5 Å². The third-order valence-corrected chi connectivity index (χ3v) is 1.34. The third-order valence-electron chi connectivity index (χ3n) is 1.34. The molecule has 0 saturated carbocycles. The van der Waals surface area contributed by atoms with E-state index >= 15 is 0 Å². The van der Waals surface area contributed by atoms with E-state index in [0.29, 0.717) is 0 Å². The Bertz CT molecular complexity index is 327. The number of nitrogens with one attached hydrogen (secondary N) is 1. The van der Waals surface area contributed by atoms with Crippen LogP contribution in [0.4, 0.5) is 18.9 Å². The summed E-state index contributed by atoms with van der Waals surface area (Å²) in [5, 5.41) is 8.93. The molecule has 0 aliphatic rings. The second-order valence-corrected chi connectivity index (χ2v) is 2.37. The summed E-state index contributed by atoms with van der Waals surface area (Å²) in [6.07, 6.45) is -4.79. The summed E-state index contributed by atoms with van der Waals surface area (Å²) in [5.74, 6) is 4.21. The molecule has 7 heteroatoms. The number of ether oxygens (including phenoxy) is 1. The van der Waals surface area contributed by atoms with Crippen molar-refractivity contribution in [1.82, 2.24) is 0 Å². The van der Waals surface area contributed by atoms with E-state index in [1.54, 1.807) is 0 Å². The van der Waals surface area contributed by atoms with Crippen LogP contribution in [0.3, 0.4) is 0 Å². The summed E-state index contributed by atoms with van der Waals surface area (Å²) in [6, 6.07) is 3.03. The summed E-state index contributed by atoms with van der Waals surface area (Å²) in [6.45, 7) is 0. The summed E-state index contributed by atoms with van der Waals surface area (Å²) < 4.78 is 39.0. The number of alkyl halides is 3. The van der Waals surface area contributed by atoms with Gasteiger partial charge in [-0.25, -0.2) is 0 Å². The second-order valence-electron chi connectivity index (χ2n) is 2.37. The molecular weight excluding hydrogens is 201 g/mol. The highest BCUT2D eigenvalue weighted by Gasteiger charge is 2.32. The van der Waals surface area contributed by atoms with Gasteiger partial charge in [-0.15, -0.1) is 13.2 Å². The number of benzene rings is 1. The highest BCUT2D eigenvalue weighted by molar-refractivity contribution is 5.58. The normalized spacial score (nSPS) is 11.1. The molecule has 0 radical (unpaired) electrons. The molecule has 0 amide bonds. The van der Waals surface area contributed by atoms with Gasteiger partial charge in [0, 0.05) is 6.07 Å². The molecule has 0 aliphatic carbocycles. The Morgan fingerprint density at radius 3 is 2.50 bits per heavy atom. The molecule has 0 bridgehead atoms. The zero-order valence-corrected chi connectivity index (χ0v) is 6.80. The van der Waals surface area contributed by atoms with Crippen LogP contribution in [0.2, 0.25) is 0 Å². The van der Waals surface area contributed by atoms with Gasteiger partial charge in [-0.1, -0.05) is 0 Å². The lowest BCUT2D eigenvalue weighted by molar-refractivity contribution is -0.274. The van der Waals surface area contributed by atoms with Crippen molar-refractivity contribution in [3.05, 3.63) is 18.2 Å². The molecule has 14 heavy (non-hydrogen) atoms. The van der Waals surface area contributed by atoms with Crippen molar-refractivity contribution in [1.29, 1.82) is 0 Å². The highest BCUT2D eigenvalue weighted by Crippen LogP contribution is 2.32. The molecule has 4 N–H and O–H groups in total. The van der Waals surface area contributed by atoms with Crippen LogP contribution in [0.25, 0.3) is 0 Å². The van der Waals surface area contributed by atoms with Crippen LogP contribution in [-0.2, 0) is 0 Å². The molecule has 0 aliphatic heterocycles. The van der Waals surface area contributed by atoms with Gasteiger partial charge in [0.15, 0.2) is 5.75 Å². The molecule has 1 rings (SSSR count). The van der Waals surface area contributed by atoms with Crippen molar-refractivity contribution < 1.29 is 23.0 Å². The highest BCUT2D eigenvalue weighted by atomic mass is 19.4. The lowest BCUT2D eigenvalue weighted by Gasteiger charge is -2.12. The Labute approximate surface area is 77.1 Å². The fraction of sp³-hybridized carbons (Fsp3) is 0.143. The maximum atomic E-state index is 11.8. The number of rotatable bonds is 2. The molecule has 0 atom stereocenters. The van der Waals surface area contributed by atoms with Crippen molar-refractivity contribution in [2.75, 3.05) is 5.43 Å². The van der Waals surface area contributed by atoms with Crippen molar-refractivity contribution >= 4 is 5.69 Å². The van der Waals surface area contributed by atoms with Gasteiger partial charge in [0.25, 0.3) is 0 Å². The first kappa shape index (κ1) is 10.5. The molecule has 4 nitrogen and oxygen atoms in total. The monoisotopic (exact) mass is 208 g/mol. The largest absolute Gasteiger partial charge is 0.573 e. The fourth-order valence-corrected chi connectivity index (χ4v) is 0.844. The quantitative estimate of drug-likeness (QED) is 0.509. The van der Waals surface area contributed by atoms with Crippen LogP contribution in [0.15, 0.2) is 18.2 Å². The predicted molar refractivity (Wildman–Crippen MR) is 42.6 cm³/mol. The molecule has 0 spiro atoms. The number of halogens is 3. The molecule has 0 fully saturated rings. The van der Waals surface area contributed by atoms with Crippen LogP contribution in [0, 0.1) is 0 Å². The minimum atomic E-state index is -4.79. The van der Waals surface area contributed by atoms with Gasteiger partial charge in [-0.05, 0) is 12.1 Å². The number of anilines is 1. The zero-order chi connectivity index (χ0) is 10.8. The Balaban J connectivity index is 2.97. The minimum absolute atomic E-state index is 0.151. The SMILES string of the molecule is NNc1cc(O)ccc1OC(F)(F)F. The summed E-state index contributed by atoms with van der Waals surface area (Å²) in [7, 11) is 0. The van der Waals surface area contributed by atoms with Gasteiger partial charge in [0.2, 0.25) is 0 Å². The van der Waals surface area contributed by atoms with E-state index in [-0.39, 0.29) is 11.4 Å². The van der Waals surface area contributed by atoms with Gasteiger partial charge >= 0.3 is 6.36 Å². The molecular formula is C7H7F3N2O2. The zero-order valence-electron chi connectivity index (χ0n) is 6.80. The standard InChI is InChI=1S/C7H7F3N2O2/c8-7(9,10)14-6-2-1-4(13)3-5(6)12-11/h1-3,12-13H,11H2. The van der Waals surface area contributed by atoms with Gasteiger partial charge in [-0.3, -0.25) is 5.84 Å². The Kier molecular flexibility index (Phi) is 2.70. The summed E-state index contributed by atoms with van der Waals surface area (Å²) in [4.78, 5) is 0. The number of phenols is 1. The van der Waals surface area contributed by atoms with E-state index in [1.165, 1.54) is 0 Å². The number of hydrazine groups is 1. The van der Waals surface area contributed by atoms with E-state index in [2.05, 4.69) is 4.74 Å². The predicted octanol–water partition coefficient (Wildman–Crippen LogP) is 1.58. The van der Waals surface area contributed by atoms with Gasteiger partial charge < -0.3 is 15.3 Å². The van der Waals surface area contributed by atoms with E-state index in [0.717, 1.165) is 18.2 Å². The average Bonchev–Trinajstić information content (AvgIpc) is 2.06. The molecule has 1 aromatic rings. The maximum absolute atomic E-state index is 11.8. The molecule has 0 saturated heterocycles. The third kappa shape index (κ3) is 2.70. The van der Waals surface area contributed by atoms with Crippen molar-refractivity contribution in [2.45, 2.75) is 6.36 Å². The first-order chi connectivity index (χ1) is 6.42. The summed E-state index contributed by atoms with van der Waals surface area (Å²) >= 11 is 0.